The van der Waals surface area contributed by atoms with Crippen molar-refractivity contribution in [1.82, 2.24) is 19.7 Å². The van der Waals surface area contributed by atoms with Crippen LogP contribution in [0.25, 0.3) is 0 Å². The number of allylic oxidation sites excluding steroid dienone is 1. The Morgan fingerprint density at radius 2 is 2.05 bits per heavy atom. The highest BCUT2D eigenvalue weighted by molar-refractivity contribution is 5.96. The number of nitrogens with zero attached hydrogens (tertiary/aromatic N) is 4. The molecule has 22 heavy (non-hydrogen) atoms. The van der Waals surface area contributed by atoms with Gasteiger partial charge in [0.25, 0.3) is 5.91 Å². The number of amides is 1. The maximum atomic E-state index is 12.9. The molecule has 0 bridgehead atoms. The van der Waals surface area contributed by atoms with Crippen molar-refractivity contribution in [2.24, 2.45) is 0 Å². The zero-order valence-corrected chi connectivity index (χ0v) is 13.4. The van der Waals surface area contributed by atoms with Crippen molar-refractivity contribution in [3.8, 4) is 0 Å². The molecule has 0 spiro atoms. The summed E-state index contributed by atoms with van der Waals surface area (Å²) in [6.07, 6.45) is 5.26. The molecule has 0 atom stereocenters. The second-order valence-electron chi connectivity index (χ2n) is 5.19. The molecule has 0 unspecified atom stereocenters. The summed E-state index contributed by atoms with van der Waals surface area (Å²) >= 11 is 0. The van der Waals surface area contributed by atoms with Crippen LogP contribution in [-0.2, 0) is 13.1 Å². The molecule has 0 saturated heterocycles. The van der Waals surface area contributed by atoms with Crippen LogP contribution in [-0.4, -0.2) is 32.1 Å². The molecule has 2 aromatic heterocycles. The largest absolute Gasteiger partial charge is 0.334 e. The van der Waals surface area contributed by atoms with Gasteiger partial charge >= 0.3 is 0 Å². The van der Waals surface area contributed by atoms with Gasteiger partial charge in [-0.05, 0) is 38.5 Å². The van der Waals surface area contributed by atoms with Gasteiger partial charge in [-0.3, -0.25) is 14.5 Å². The minimum atomic E-state index is 0.0182. The number of pyridine rings is 1. The molecule has 5 heteroatoms. The highest BCUT2D eigenvalue weighted by atomic mass is 16.2. The first-order valence-electron chi connectivity index (χ1n) is 7.41. The zero-order valence-electron chi connectivity index (χ0n) is 13.4. The van der Waals surface area contributed by atoms with E-state index in [4.69, 9.17) is 0 Å². The smallest absolute Gasteiger partial charge is 0.257 e. The highest BCUT2D eigenvalue weighted by Gasteiger charge is 2.22. The van der Waals surface area contributed by atoms with E-state index in [1.807, 2.05) is 42.5 Å². The Kier molecular flexibility index (Phi) is 5.09. The molecule has 0 radical (unpaired) electrons. The fourth-order valence-corrected chi connectivity index (χ4v) is 2.50. The predicted molar refractivity (Wildman–Crippen MR) is 86.5 cm³/mol. The molecule has 116 valence electrons. The van der Waals surface area contributed by atoms with Crippen molar-refractivity contribution < 1.29 is 4.79 Å². The number of hydrogen-bond acceptors (Lipinski definition) is 3. The Bertz CT molecular complexity index is 661. The van der Waals surface area contributed by atoms with Crippen LogP contribution in [0.1, 0.15) is 34.2 Å². The summed E-state index contributed by atoms with van der Waals surface area (Å²) in [5, 5.41) is 4.43. The number of aryl methyl sites for hydroxylation is 1. The Morgan fingerprint density at radius 1 is 1.36 bits per heavy atom. The van der Waals surface area contributed by atoms with Crippen molar-refractivity contribution in [3.05, 3.63) is 59.7 Å². The first-order valence-corrected chi connectivity index (χ1v) is 7.41. The average Bonchev–Trinajstić information content (AvgIpc) is 2.80. The minimum absolute atomic E-state index is 0.0182. The van der Waals surface area contributed by atoms with E-state index in [2.05, 4.69) is 16.7 Å². The van der Waals surface area contributed by atoms with E-state index in [0.717, 1.165) is 17.0 Å². The van der Waals surface area contributed by atoms with Gasteiger partial charge in [0.1, 0.15) is 0 Å². The second-order valence-corrected chi connectivity index (χ2v) is 5.19. The van der Waals surface area contributed by atoms with Gasteiger partial charge in [-0.2, -0.15) is 5.10 Å². The summed E-state index contributed by atoms with van der Waals surface area (Å²) in [5.41, 5.74) is 3.41. The number of carbonyl (C=O) groups is 1. The maximum Gasteiger partial charge on any atom is 0.257 e. The van der Waals surface area contributed by atoms with Crippen molar-refractivity contribution in [3.63, 3.8) is 0 Å². The lowest BCUT2D eigenvalue weighted by Gasteiger charge is -2.21. The first kappa shape index (κ1) is 15.9. The third-order valence-corrected chi connectivity index (χ3v) is 3.69. The third kappa shape index (κ3) is 3.24. The quantitative estimate of drug-likeness (QED) is 0.771. The molecule has 5 nitrogen and oxygen atoms in total. The van der Waals surface area contributed by atoms with E-state index in [1.54, 1.807) is 18.5 Å². The van der Waals surface area contributed by atoms with Gasteiger partial charge in [-0.15, -0.1) is 6.58 Å². The summed E-state index contributed by atoms with van der Waals surface area (Å²) in [7, 11) is 0. The lowest BCUT2D eigenvalue weighted by Crippen LogP contribution is -2.31. The number of aromatic nitrogens is 3. The molecule has 0 aromatic carbocycles. The van der Waals surface area contributed by atoms with Crippen molar-refractivity contribution in [2.45, 2.75) is 33.9 Å². The summed E-state index contributed by atoms with van der Waals surface area (Å²) in [5.74, 6) is 0.0182. The number of carbonyl (C=O) groups excluding carboxylic acids is 1. The van der Waals surface area contributed by atoms with E-state index in [-0.39, 0.29) is 5.91 Å². The van der Waals surface area contributed by atoms with Gasteiger partial charge in [-0.25, -0.2) is 0 Å². The van der Waals surface area contributed by atoms with Gasteiger partial charge in [-0.1, -0.05) is 6.08 Å². The number of hydrogen-bond donors (Lipinski definition) is 0. The standard InChI is InChI=1S/C17H22N4O/c1-5-11-21-14(4)16(13(3)19-21)17(22)20(6-2)12-15-7-9-18-10-8-15/h5,7-10H,1,6,11-12H2,2-4H3. The molecule has 2 aromatic rings. The summed E-state index contributed by atoms with van der Waals surface area (Å²) in [6.45, 7) is 11.3. The molecule has 1 amide bonds. The lowest BCUT2D eigenvalue weighted by atomic mass is 10.1. The SMILES string of the molecule is C=CCn1nc(C)c(C(=O)N(CC)Cc2ccncc2)c1C. The maximum absolute atomic E-state index is 12.9. The van der Waals surface area contributed by atoms with Crippen LogP contribution >= 0.6 is 0 Å². The van der Waals surface area contributed by atoms with Crippen molar-refractivity contribution >= 4 is 5.91 Å². The normalized spacial score (nSPS) is 10.5. The Balaban J connectivity index is 2.27. The van der Waals surface area contributed by atoms with Gasteiger partial charge in [0.2, 0.25) is 0 Å². The Morgan fingerprint density at radius 3 is 2.64 bits per heavy atom. The Labute approximate surface area is 131 Å². The van der Waals surface area contributed by atoms with Crippen molar-refractivity contribution in [2.75, 3.05) is 6.54 Å². The molecule has 0 aliphatic heterocycles. The molecule has 0 saturated carbocycles. The third-order valence-electron chi connectivity index (χ3n) is 3.69. The van der Waals surface area contributed by atoms with E-state index in [0.29, 0.717) is 25.2 Å². The summed E-state index contributed by atoms with van der Waals surface area (Å²) in [4.78, 5) is 18.7. The van der Waals surface area contributed by atoms with Crippen LogP contribution in [0, 0.1) is 13.8 Å². The van der Waals surface area contributed by atoms with Gasteiger partial charge in [0.15, 0.2) is 0 Å². The fourth-order valence-electron chi connectivity index (χ4n) is 2.50. The minimum Gasteiger partial charge on any atom is -0.334 e. The molecule has 0 aliphatic carbocycles. The van der Waals surface area contributed by atoms with E-state index >= 15 is 0 Å². The molecule has 2 heterocycles. The van der Waals surface area contributed by atoms with Crippen LogP contribution in [0.4, 0.5) is 0 Å². The lowest BCUT2D eigenvalue weighted by molar-refractivity contribution is 0.0751. The zero-order chi connectivity index (χ0) is 16.1. The molecular formula is C17H22N4O. The van der Waals surface area contributed by atoms with Crippen LogP contribution in [0.15, 0.2) is 37.2 Å². The topological polar surface area (TPSA) is 51.0 Å². The molecule has 0 fully saturated rings. The predicted octanol–water partition coefficient (Wildman–Crippen LogP) is 2.74. The van der Waals surface area contributed by atoms with E-state index in [1.165, 1.54) is 0 Å². The molecule has 2 rings (SSSR count). The molecule has 0 aliphatic rings. The van der Waals surface area contributed by atoms with Gasteiger partial charge < -0.3 is 4.90 Å². The second kappa shape index (κ2) is 7.02. The van der Waals surface area contributed by atoms with Crippen LogP contribution < -0.4 is 0 Å². The molecular weight excluding hydrogens is 276 g/mol. The molecule has 0 N–H and O–H groups in total. The average molecular weight is 298 g/mol. The Hall–Kier alpha value is -2.43. The van der Waals surface area contributed by atoms with Crippen LogP contribution in [0.2, 0.25) is 0 Å². The van der Waals surface area contributed by atoms with E-state index in [9.17, 15) is 4.79 Å². The summed E-state index contributed by atoms with van der Waals surface area (Å²) in [6, 6.07) is 3.85. The van der Waals surface area contributed by atoms with Crippen LogP contribution in [0.5, 0.6) is 0 Å². The van der Waals surface area contributed by atoms with Gasteiger partial charge in [0, 0.05) is 31.2 Å². The number of rotatable bonds is 6. The van der Waals surface area contributed by atoms with Crippen LogP contribution in [0.3, 0.4) is 0 Å². The first-order chi connectivity index (χ1) is 10.6. The highest BCUT2D eigenvalue weighted by Crippen LogP contribution is 2.17. The fraction of sp³-hybridized carbons (Fsp3) is 0.353. The van der Waals surface area contributed by atoms with Crippen molar-refractivity contribution in [1.29, 1.82) is 0 Å². The monoisotopic (exact) mass is 298 g/mol. The van der Waals surface area contributed by atoms with Gasteiger partial charge in [0.05, 0.1) is 17.8 Å². The van der Waals surface area contributed by atoms with E-state index < -0.39 is 0 Å². The summed E-state index contributed by atoms with van der Waals surface area (Å²) < 4.78 is 1.82.